The van der Waals surface area contributed by atoms with E-state index in [4.69, 9.17) is 9.84 Å². The van der Waals surface area contributed by atoms with Gasteiger partial charge in [-0.2, -0.15) is 13.2 Å². The lowest BCUT2D eigenvalue weighted by Gasteiger charge is -2.39. The molecule has 4 rings (SSSR count). The number of hydrogen-bond acceptors (Lipinski definition) is 5. The fraction of sp³-hybridized carbons (Fsp3) is 0.500. The number of alkyl halides is 3. The summed E-state index contributed by atoms with van der Waals surface area (Å²) in [6.07, 6.45) is -1.69. The van der Waals surface area contributed by atoms with Gasteiger partial charge in [-0.1, -0.05) is 23.9 Å². The summed E-state index contributed by atoms with van der Waals surface area (Å²) in [6, 6.07) is 11.9. The van der Waals surface area contributed by atoms with Gasteiger partial charge in [0, 0.05) is 29.4 Å². The van der Waals surface area contributed by atoms with E-state index in [0.29, 0.717) is 18.8 Å². The van der Waals surface area contributed by atoms with Gasteiger partial charge in [0.25, 0.3) is 0 Å². The second-order valence-electron chi connectivity index (χ2n) is 8.62. The molecular formula is C24H29F3N2O2S. The normalized spacial score (nSPS) is 18.3. The van der Waals surface area contributed by atoms with E-state index in [1.165, 1.54) is 23.9 Å². The summed E-state index contributed by atoms with van der Waals surface area (Å²) in [5, 5.41) is 9.00. The molecule has 0 bridgehead atoms. The monoisotopic (exact) mass is 466 g/mol. The number of piperidine rings is 1. The maximum atomic E-state index is 13.4. The Kier molecular flexibility index (Phi) is 7.05. The fourth-order valence-electron chi connectivity index (χ4n) is 4.38. The molecule has 2 aromatic carbocycles. The van der Waals surface area contributed by atoms with Gasteiger partial charge in [-0.25, -0.2) is 0 Å². The number of anilines is 2. The standard InChI is InChI=1S/C24H29F3N2O2S/c1-23(31-16-15-30)9-13-28(14-10-23)11-4-12-29-19-5-2-3-6-21(19)32-22-8-7-18(17-20(22)29)24(25,26)27/h2-3,5-8,17,30H,4,9-16H2,1H3. The summed E-state index contributed by atoms with van der Waals surface area (Å²) < 4.78 is 45.9. The van der Waals surface area contributed by atoms with Gasteiger partial charge in [-0.15, -0.1) is 0 Å². The number of benzene rings is 2. The maximum absolute atomic E-state index is 13.4. The van der Waals surface area contributed by atoms with Crippen molar-refractivity contribution >= 4 is 23.1 Å². The lowest BCUT2D eigenvalue weighted by Crippen LogP contribution is -2.45. The van der Waals surface area contributed by atoms with E-state index in [1.54, 1.807) is 6.07 Å². The van der Waals surface area contributed by atoms with Crippen molar-refractivity contribution in [1.82, 2.24) is 4.90 Å². The predicted molar refractivity (Wildman–Crippen MR) is 121 cm³/mol. The topological polar surface area (TPSA) is 35.9 Å². The first-order valence-corrected chi connectivity index (χ1v) is 11.8. The lowest BCUT2D eigenvalue weighted by atomic mass is 9.93. The number of nitrogens with zero attached hydrogens (tertiary/aromatic N) is 2. The van der Waals surface area contributed by atoms with Crippen molar-refractivity contribution < 1.29 is 23.0 Å². The van der Waals surface area contributed by atoms with Crippen molar-refractivity contribution in [2.24, 2.45) is 0 Å². The molecule has 0 radical (unpaired) electrons. The molecule has 2 heterocycles. The molecule has 0 unspecified atom stereocenters. The largest absolute Gasteiger partial charge is 0.416 e. The van der Waals surface area contributed by atoms with Crippen LogP contribution < -0.4 is 4.90 Å². The molecule has 2 aliphatic rings. The van der Waals surface area contributed by atoms with E-state index in [2.05, 4.69) is 11.8 Å². The molecule has 2 aromatic rings. The second-order valence-corrected chi connectivity index (χ2v) is 9.70. The molecule has 0 amide bonds. The van der Waals surface area contributed by atoms with Crippen LogP contribution in [-0.4, -0.2) is 55.0 Å². The van der Waals surface area contributed by atoms with Gasteiger partial charge in [-0.05, 0) is 63.1 Å². The summed E-state index contributed by atoms with van der Waals surface area (Å²) in [4.78, 5) is 6.34. The van der Waals surface area contributed by atoms with Crippen LogP contribution in [0.1, 0.15) is 31.7 Å². The Hall–Kier alpha value is -1.74. The third-order valence-corrected chi connectivity index (χ3v) is 7.39. The fourth-order valence-corrected chi connectivity index (χ4v) is 5.46. The van der Waals surface area contributed by atoms with E-state index in [1.807, 2.05) is 29.2 Å². The Balaban J connectivity index is 1.44. The molecule has 0 aromatic heterocycles. The van der Waals surface area contributed by atoms with Crippen LogP contribution in [0.15, 0.2) is 52.3 Å². The van der Waals surface area contributed by atoms with E-state index in [9.17, 15) is 13.2 Å². The molecule has 0 spiro atoms. The number of aliphatic hydroxyl groups excluding tert-OH is 1. The van der Waals surface area contributed by atoms with E-state index in [-0.39, 0.29) is 12.2 Å². The molecule has 174 valence electrons. The highest BCUT2D eigenvalue weighted by Gasteiger charge is 2.34. The molecule has 1 saturated heterocycles. The first kappa shape index (κ1) is 23.4. The number of fused-ring (bicyclic) bond motifs is 2. The highest BCUT2D eigenvalue weighted by Crippen LogP contribution is 2.49. The third kappa shape index (κ3) is 5.25. The third-order valence-electron chi connectivity index (χ3n) is 6.26. The van der Waals surface area contributed by atoms with Crippen molar-refractivity contribution in [2.75, 3.05) is 44.3 Å². The van der Waals surface area contributed by atoms with E-state index in [0.717, 1.165) is 54.4 Å². The maximum Gasteiger partial charge on any atom is 0.416 e. The van der Waals surface area contributed by atoms with Gasteiger partial charge < -0.3 is 19.6 Å². The van der Waals surface area contributed by atoms with Crippen LogP contribution in [0.4, 0.5) is 24.5 Å². The zero-order chi connectivity index (χ0) is 22.8. The molecule has 32 heavy (non-hydrogen) atoms. The van der Waals surface area contributed by atoms with Gasteiger partial charge in [0.2, 0.25) is 0 Å². The highest BCUT2D eigenvalue weighted by molar-refractivity contribution is 7.99. The molecule has 1 fully saturated rings. The number of rotatable bonds is 7. The lowest BCUT2D eigenvalue weighted by molar-refractivity contribution is -0.137. The Morgan fingerprint density at radius 1 is 1.03 bits per heavy atom. The van der Waals surface area contributed by atoms with Gasteiger partial charge in [0.05, 0.1) is 35.8 Å². The summed E-state index contributed by atoms with van der Waals surface area (Å²) in [5.74, 6) is 0. The summed E-state index contributed by atoms with van der Waals surface area (Å²) in [6.45, 7) is 5.87. The molecule has 1 N–H and O–H groups in total. The average molecular weight is 467 g/mol. The van der Waals surface area contributed by atoms with Crippen LogP contribution >= 0.6 is 11.8 Å². The summed E-state index contributed by atoms with van der Waals surface area (Å²) in [5.41, 5.74) is 0.800. The number of likely N-dealkylation sites (tertiary alicyclic amines) is 1. The first-order valence-electron chi connectivity index (χ1n) is 11.0. The number of ether oxygens (including phenoxy) is 1. The zero-order valence-corrected chi connectivity index (χ0v) is 19.0. The number of halogens is 3. The van der Waals surface area contributed by atoms with Crippen LogP contribution in [0.5, 0.6) is 0 Å². The smallest absolute Gasteiger partial charge is 0.394 e. The number of aliphatic hydroxyl groups is 1. The van der Waals surface area contributed by atoms with Crippen LogP contribution in [0.3, 0.4) is 0 Å². The van der Waals surface area contributed by atoms with Crippen LogP contribution in [0, 0.1) is 0 Å². The zero-order valence-electron chi connectivity index (χ0n) is 18.2. The van der Waals surface area contributed by atoms with Gasteiger partial charge >= 0.3 is 6.18 Å². The second kappa shape index (κ2) is 9.63. The summed E-state index contributed by atoms with van der Waals surface area (Å²) >= 11 is 1.52. The Labute approximate surface area is 191 Å². The molecule has 2 aliphatic heterocycles. The van der Waals surface area contributed by atoms with Crippen molar-refractivity contribution in [1.29, 1.82) is 0 Å². The predicted octanol–water partition coefficient (Wildman–Crippen LogP) is 5.56. The van der Waals surface area contributed by atoms with Crippen LogP contribution in [0.2, 0.25) is 0 Å². The Morgan fingerprint density at radius 3 is 2.47 bits per heavy atom. The molecule has 4 nitrogen and oxygen atoms in total. The Morgan fingerprint density at radius 2 is 1.75 bits per heavy atom. The minimum Gasteiger partial charge on any atom is -0.394 e. The summed E-state index contributed by atoms with van der Waals surface area (Å²) in [7, 11) is 0. The SMILES string of the molecule is CC1(OCCO)CCN(CCCN2c3ccccc3Sc3ccc(C(F)(F)F)cc32)CC1. The minimum absolute atomic E-state index is 0.0342. The molecule has 8 heteroatoms. The molecule has 0 aliphatic carbocycles. The first-order chi connectivity index (χ1) is 15.3. The van der Waals surface area contributed by atoms with Crippen LogP contribution in [0.25, 0.3) is 0 Å². The quantitative estimate of drug-likeness (QED) is 0.578. The van der Waals surface area contributed by atoms with Crippen LogP contribution in [-0.2, 0) is 10.9 Å². The van der Waals surface area contributed by atoms with E-state index >= 15 is 0 Å². The Bertz CT molecular complexity index is 930. The number of para-hydroxylation sites is 1. The van der Waals surface area contributed by atoms with E-state index < -0.39 is 11.7 Å². The molecule has 0 atom stereocenters. The number of hydrogen-bond donors (Lipinski definition) is 1. The van der Waals surface area contributed by atoms with Crippen molar-refractivity contribution in [3.63, 3.8) is 0 Å². The van der Waals surface area contributed by atoms with Crippen molar-refractivity contribution in [3.05, 3.63) is 48.0 Å². The minimum atomic E-state index is -4.36. The van der Waals surface area contributed by atoms with Gasteiger partial charge in [0.1, 0.15) is 0 Å². The van der Waals surface area contributed by atoms with Gasteiger partial charge in [0.15, 0.2) is 0 Å². The van der Waals surface area contributed by atoms with Gasteiger partial charge in [-0.3, -0.25) is 0 Å². The molecular weight excluding hydrogens is 437 g/mol. The van der Waals surface area contributed by atoms with Crippen molar-refractivity contribution in [2.45, 2.75) is 47.8 Å². The molecule has 0 saturated carbocycles. The average Bonchev–Trinajstić information content (AvgIpc) is 2.78. The highest BCUT2D eigenvalue weighted by atomic mass is 32.2. The van der Waals surface area contributed by atoms with Crippen molar-refractivity contribution in [3.8, 4) is 0 Å².